The van der Waals surface area contributed by atoms with Crippen molar-refractivity contribution in [1.29, 1.82) is 0 Å². The van der Waals surface area contributed by atoms with Gasteiger partial charge in [-0.3, -0.25) is 9.63 Å². The number of rotatable bonds is 2. The van der Waals surface area contributed by atoms with Crippen molar-refractivity contribution in [3.63, 3.8) is 0 Å². The average Bonchev–Trinajstić information content (AvgIpc) is 2.29. The van der Waals surface area contributed by atoms with Gasteiger partial charge < -0.3 is 5.11 Å². The molecule has 1 heterocycles. The summed E-state index contributed by atoms with van der Waals surface area (Å²) in [6.45, 7) is 0.430. The van der Waals surface area contributed by atoms with E-state index in [2.05, 4.69) is 0 Å². The van der Waals surface area contributed by atoms with E-state index in [4.69, 9.17) is 9.94 Å². The first-order valence-electron chi connectivity index (χ1n) is 4.98. The first kappa shape index (κ1) is 10.6. The maximum Gasteiger partial charge on any atom is 0.337 e. The van der Waals surface area contributed by atoms with Crippen LogP contribution in [0.5, 0.6) is 0 Å². The van der Waals surface area contributed by atoms with Gasteiger partial charge in [0, 0.05) is 6.42 Å². The van der Waals surface area contributed by atoms with Crippen molar-refractivity contribution in [2.75, 3.05) is 11.7 Å². The van der Waals surface area contributed by atoms with Crippen molar-refractivity contribution >= 4 is 17.6 Å². The molecule has 5 nitrogen and oxygen atoms in total. The van der Waals surface area contributed by atoms with Crippen LogP contribution in [0.1, 0.15) is 23.2 Å². The molecule has 0 radical (unpaired) electrons. The van der Waals surface area contributed by atoms with Crippen LogP contribution in [0, 0.1) is 0 Å². The summed E-state index contributed by atoms with van der Waals surface area (Å²) in [6, 6.07) is 6.30. The summed E-state index contributed by atoms with van der Waals surface area (Å²) >= 11 is 0. The molecule has 84 valence electrons. The number of benzene rings is 1. The SMILES string of the molecule is O=C(O)c1ccccc1N1OCCCC1=O. The van der Waals surface area contributed by atoms with Gasteiger partial charge in [-0.25, -0.2) is 4.79 Å². The number of hydroxylamine groups is 1. The van der Waals surface area contributed by atoms with Crippen molar-refractivity contribution in [3.05, 3.63) is 29.8 Å². The lowest BCUT2D eigenvalue weighted by Crippen LogP contribution is -2.36. The zero-order chi connectivity index (χ0) is 11.5. The summed E-state index contributed by atoms with van der Waals surface area (Å²) in [5.74, 6) is -1.28. The lowest BCUT2D eigenvalue weighted by Gasteiger charge is -2.26. The lowest BCUT2D eigenvalue weighted by molar-refractivity contribution is -0.129. The summed E-state index contributed by atoms with van der Waals surface area (Å²) in [5.41, 5.74) is 0.359. The van der Waals surface area contributed by atoms with Crippen LogP contribution >= 0.6 is 0 Å². The van der Waals surface area contributed by atoms with Gasteiger partial charge in [0.25, 0.3) is 5.91 Å². The molecule has 0 spiro atoms. The van der Waals surface area contributed by atoms with Crippen LogP contribution in [-0.4, -0.2) is 23.6 Å². The fraction of sp³-hybridized carbons (Fsp3) is 0.273. The summed E-state index contributed by atoms with van der Waals surface area (Å²) in [5, 5.41) is 10.1. The third kappa shape index (κ3) is 1.90. The van der Waals surface area contributed by atoms with Crippen molar-refractivity contribution in [1.82, 2.24) is 0 Å². The summed E-state index contributed by atoms with van der Waals surface area (Å²) in [7, 11) is 0. The van der Waals surface area contributed by atoms with Gasteiger partial charge in [-0.05, 0) is 18.6 Å². The molecule has 1 aromatic rings. The first-order valence-corrected chi connectivity index (χ1v) is 4.98. The number of carbonyl (C=O) groups is 2. The Morgan fingerprint density at radius 1 is 1.38 bits per heavy atom. The third-order valence-electron chi connectivity index (χ3n) is 2.34. The number of carboxylic acid groups (broad SMARTS) is 1. The summed E-state index contributed by atoms with van der Waals surface area (Å²) < 4.78 is 0. The molecule has 1 aliphatic rings. The molecule has 1 saturated heterocycles. The van der Waals surface area contributed by atoms with E-state index in [1.807, 2.05) is 0 Å². The van der Waals surface area contributed by atoms with Crippen LogP contribution in [0.2, 0.25) is 0 Å². The molecule has 0 unspecified atom stereocenters. The van der Waals surface area contributed by atoms with Crippen molar-refractivity contribution in [2.45, 2.75) is 12.8 Å². The monoisotopic (exact) mass is 221 g/mol. The lowest BCUT2D eigenvalue weighted by atomic mass is 10.1. The molecular formula is C11H11NO4. The average molecular weight is 221 g/mol. The van der Waals surface area contributed by atoms with Crippen LogP contribution in [0.4, 0.5) is 5.69 Å². The number of hydrogen-bond acceptors (Lipinski definition) is 3. The topological polar surface area (TPSA) is 66.8 Å². The smallest absolute Gasteiger partial charge is 0.337 e. The number of aromatic carboxylic acids is 1. The molecule has 0 aromatic heterocycles. The Hall–Kier alpha value is -1.88. The van der Waals surface area contributed by atoms with Crippen LogP contribution in [0.3, 0.4) is 0 Å². The maximum atomic E-state index is 11.6. The Bertz CT molecular complexity index is 430. The number of nitrogens with zero attached hydrogens (tertiary/aromatic N) is 1. The van der Waals surface area contributed by atoms with Crippen LogP contribution in [0.15, 0.2) is 24.3 Å². The Balaban J connectivity index is 2.38. The van der Waals surface area contributed by atoms with E-state index in [0.717, 1.165) is 5.06 Å². The highest BCUT2D eigenvalue weighted by atomic mass is 16.7. The number of carboxylic acids is 1. The fourth-order valence-corrected chi connectivity index (χ4v) is 1.59. The molecule has 0 aliphatic carbocycles. The van der Waals surface area contributed by atoms with Gasteiger partial charge in [-0.15, -0.1) is 0 Å². The van der Waals surface area contributed by atoms with E-state index in [9.17, 15) is 9.59 Å². The first-order chi connectivity index (χ1) is 7.70. The zero-order valence-electron chi connectivity index (χ0n) is 8.55. The second kappa shape index (κ2) is 4.32. The highest BCUT2D eigenvalue weighted by Crippen LogP contribution is 2.24. The van der Waals surface area contributed by atoms with E-state index in [1.54, 1.807) is 18.2 Å². The Morgan fingerprint density at radius 3 is 2.81 bits per heavy atom. The second-order valence-electron chi connectivity index (χ2n) is 3.45. The molecule has 1 fully saturated rings. The number of anilines is 1. The minimum Gasteiger partial charge on any atom is -0.478 e. The van der Waals surface area contributed by atoms with Gasteiger partial charge in [0.2, 0.25) is 0 Å². The molecule has 0 bridgehead atoms. The van der Waals surface area contributed by atoms with Crippen LogP contribution in [0.25, 0.3) is 0 Å². The third-order valence-corrected chi connectivity index (χ3v) is 2.34. The number of carbonyl (C=O) groups excluding carboxylic acids is 1. The molecule has 5 heteroatoms. The summed E-state index contributed by atoms with van der Waals surface area (Å²) in [6.07, 6.45) is 1.05. The van der Waals surface area contributed by atoms with Gasteiger partial charge >= 0.3 is 5.97 Å². The van der Waals surface area contributed by atoms with Crippen LogP contribution < -0.4 is 5.06 Å². The minimum absolute atomic E-state index is 0.0674. The Morgan fingerprint density at radius 2 is 2.12 bits per heavy atom. The number of hydrogen-bond donors (Lipinski definition) is 1. The molecular weight excluding hydrogens is 210 g/mol. The molecule has 0 saturated carbocycles. The molecule has 1 aromatic carbocycles. The quantitative estimate of drug-likeness (QED) is 0.820. The number of para-hydroxylation sites is 1. The van der Waals surface area contributed by atoms with Crippen LogP contribution in [-0.2, 0) is 9.63 Å². The molecule has 1 N–H and O–H groups in total. The predicted molar refractivity (Wildman–Crippen MR) is 56.1 cm³/mol. The van der Waals surface area contributed by atoms with Crippen molar-refractivity contribution in [2.24, 2.45) is 0 Å². The van der Waals surface area contributed by atoms with Gasteiger partial charge in [0.05, 0.1) is 17.9 Å². The minimum atomic E-state index is -1.07. The van der Waals surface area contributed by atoms with Gasteiger partial charge in [0.1, 0.15) is 0 Å². The van der Waals surface area contributed by atoms with Crippen molar-refractivity contribution in [3.8, 4) is 0 Å². The predicted octanol–water partition coefficient (Wildman–Crippen LogP) is 1.44. The van der Waals surface area contributed by atoms with E-state index in [1.165, 1.54) is 6.07 Å². The highest BCUT2D eigenvalue weighted by Gasteiger charge is 2.24. The zero-order valence-corrected chi connectivity index (χ0v) is 8.55. The van der Waals surface area contributed by atoms with E-state index in [0.29, 0.717) is 25.1 Å². The standard InChI is InChI=1S/C11H11NO4/c13-10-6-3-7-16-12(10)9-5-2-1-4-8(9)11(14)15/h1-2,4-5H,3,6-7H2,(H,14,15). The molecule has 1 amide bonds. The largest absolute Gasteiger partial charge is 0.478 e. The van der Waals surface area contributed by atoms with Gasteiger partial charge in [-0.1, -0.05) is 12.1 Å². The van der Waals surface area contributed by atoms with Gasteiger partial charge in [0.15, 0.2) is 0 Å². The number of amides is 1. The van der Waals surface area contributed by atoms with E-state index < -0.39 is 5.97 Å². The van der Waals surface area contributed by atoms with Crippen molar-refractivity contribution < 1.29 is 19.5 Å². The normalized spacial score (nSPS) is 16.2. The molecule has 0 atom stereocenters. The second-order valence-corrected chi connectivity index (χ2v) is 3.45. The molecule has 2 rings (SSSR count). The molecule has 16 heavy (non-hydrogen) atoms. The maximum absolute atomic E-state index is 11.6. The van der Waals surface area contributed by atoms with E-state index in [-0.39, 0.29) is 11.5 Å². The fourth-order valence-electron chi connectivity index (χ4n) is 1.59. The Kier molecular flexibility index (Phi) is 2.87. The highest BCUT2D eigenvalue weighted by molar-refractivity contribution is 6.00. The molecule has 1 aliphatic heterocycles. The Labute approximate surface area is 92.2 Å². The van der Waals surface area contributed by atoms with Gasteiger partial charge in [-0.2, -0.15) is 5.06 Å². The summed E-state index contributed by atoms with van der Waals surface area (Å²) in [4.78, 5) is 27.7. The van der Waals surface area contributed by atoms with E-state index >= 15 is 0 Å².